The van der Waals surface area contributed by atoms with Crippen LogP contribution < -0.4 is 14.8 Å². The predicted molar refractivity (Wildman–Crippen MR) is 97.3 cm³/mol. The second-order valence-electron chi connectivity index (χ2n) is 6.35. The molecule has 27 heavy (non-hydrogen) atoms. The van der Waals surface area contributed by atoms with Crippen LogP contribution in [0.25, 0.3) is 0 Å². The van der Waals surface area contributed by atoms with E-state index in [1.54, 1.807) is 12.1 Å². The third kappa shape index (κ3) is 5.79. The van der Waals surface area contributed by atoms with Crippen molar-refractivity contribution in [2.24, 2.45) is 0 Å². The standard InChI is InChI=1S/C20H24F3NO3/c1-13(4-5-14-6-9-17(25)19(10-14)27-3)24-12-15-7-8-16(20(21,22)23)11-18(15)26-2/h6-11,13,24-25H,4-5,12H2,1-3H3. The number of rotatable bonds is 8. The first kappa shape index (κ1) is 20.9. The van der Waals surface area contributed by atoms with Gasteiger partial charge in [-0.1, -0.05) is 12.1 Å². The summed E-state index contributed by atoms with van der Waals surface area (Å²) in [7, 11) is 2.86. The van der Waals surface area contributed by atoms with Gasteiger partial charge in [0.1, 0.15) is 5.75 Å². The van der Waals surface area contributed by atoms with Crippen LogP contribution in [0.2, 0.25) is 0 Å². The molecule has 0 heterocycles. The van der Waals surface area contributed by atoms with Crippen molar-refractivity contribution in [3.05, 3.63) is 53.1 Å². The minimum atomic E-state index is -4.39. The zero-order valence-electron chi connectivity index (χ0n) is 15.6. The summed E-state index contributed by atoms with van der Waals surface area (Å²) in [4.78, 5) is 0. The number of aryl methyl sites for hydroxylation is 1. The summed E-state index contributed by atoms with van der Waals surface area (Å²) in [5, 5.41) is 12.9. The van der Waals surface area contributed by atoms with Gasteiger partial charge in [-0.3, -0.25) is 0 Å². The second-order valence-corrected chi connectivity index (χ2v) is 6.35. The van der Waals surface area contributed by atoms with Crippen LogP contribution in [0.15, 0.2) is 36.4 Å². The smallest absolute Gasteiger partial charge is 0.416 e. The SMILES string of the molecule is COc1cc(CCC(C)NCc2ccc(C(F)(F)F)cc2OC)ccc1O. The zero-order valence-corrected chi connectivity index (χ0v) is 15.6. The number of methoxy groups -OCH3 is 2. The molecule has 0 aliphatic rings. The molecule has 0 radical (unpaired) electrons. The van der Waals surface area contributed by atoms with E-state index in [1.807, 2.05) is 13.0 Å². The first-order valence-corrected chi connectivity index (χ1v) is 8.58. The fraction of sp³-hybridized carbons (Fsp3) is 0.400. The lowest BCUT2D eigenvalue weighted by Crippen LogP contribution is -2.26. The van der Waals surface area contributed by atoms with Crippen LogP contribution in [0.1, 0.15) is 30.0 Å². The van der Waals surface area contributed by atoms with Gasteiger partial charge in [-0.2, -0.15) is 13.2 Å². The van der Waals surface area contributed by atoms with Crippen molar-refractivity contribution in [2.45, 2.75) is 38.5 Å². The van der Waals surface area contributed by atoms with Crippen molar-refractivity contribution in [1.82, 2.24) is 5.32 Å². The molecule has 0 amide bonds. The van der Waals surface area contributed by atoms with E-state index in [-0.39, 0.29) is 17.5 Å². The van der Waals surface area contributed by atoms with E-state index < -0.39 is 11.7 Å². The van der Waals surface area contributed by atoms with E-state index in [9.17, 15) is 18.3 Å². The Labute approximate surface area is 156 Å². The van der Waals surface area contributed by atoms with Crippen LogP contribution >= 0.6 is 0 Å². The first-order valence-electron chi connectivity index (χ1n) is 8.58. The third-order valence-corrected chi connectivity index (χ3v) is 4.37. The summed E-state index contributed by atoms with van der Waals surface area (Å²) >= 11 is 0. The van der Waals surface area contributed by atoms with E-state index in [2.05, 4.69) is 5.32 Å². The highest BCUT2D eigenvalue weighted by molar-refractivity contribution is 5.42. The molecule has 2 rings (SSSR count). The molecule has 0 aliphatic heterocycles. The molecule has 0 aromatic heterocycles. The van der Waals surface area contributed by atoms with Crippen LogP contribution in [0.3, 0.4) is 0 Å². The lowest BCUT2D eigenvalue weighted by atomic mass is 10.0. The first-order chi connectivity index (χ1) is 12.7. The van der Waals surface area contributed by atoms with Gasteiger partial charge >= 0.3 is 6.18 Å². The molecule has 7 heteroatoms. The molecule has 1 atom stereocenters. The maximum absolute atomic E-state index is 12.8. The minimum absolute atomic E-state index is 0.0989. The van der Waals surface area contributed by atoms with E-state index >= 15 is 0 Å². The van der Waals surface area contributed by atoms with Crippen molar-refractivity contribution in [2.75, 3.05) is 14.2 Å². The highest BCUT2D eigenvalue weighted by Gasteiger charge is 2.31. The molecule has 2 aromatic carbocycles. The maximum Gasteiger partial charge on any atom is 0.416 e. The van der Waals surface area contributed by atoms with Gasteiger partial charge in [-0.25, -0.2) is 0 Å². The quantitative estimate of drug-likeness (QED) is 0.703. The average Bonchev–Trinajstić information content (AvgIpc) is 2.64. The molecular formula is C20H24F3NO3. The number of nitrogens with one attached hydrogen (secondary N) is 1. The Hall–Kier alpha value is -2.41. The number of phenolic OH excluding ortho intramolecular Hbond substituents is 1. The van der Waals surface area contributed by atoms with Gasteiger partial charge in [0.05, 0.1) is 19.8 Å². The van der Waals surface area contributed by atoms with Crippen molar-refractivity contribution >= 4 is 0 Å². The molecule has 0 spiro atoms. The monoisotopic (exact) mass is 383 g/mol. The molecule has 0 saturated heterocycles. The van der Waals surface area contributed by atoms with Crippen LogP contribution in [-0.4, -0.2) is 25.4 Å². The lowest BCUT2D eigenvalue weighted by molar-refractivity contribution is -0.137. The van der Waals surface area contributed by atoms with Crippen LogP contribution in [0.5, 0.6) is 17.2 Å². The van der Waals surface area contributed by atoms with Crippen molar-refractivity contribution in [3.63, 3.8) is 0 Å². The highest BCUT2D eigenvalue weighted by atomic mass is 19.4. The Bertz CT molecular complexity index is 763. The van der Waals surface area contributed by atoms with E-state index in [1.165, 1.54) is 20.3 Å². The van der Waals surface area contributed by atoms with Crippen LogP contribution in [-0.2, 0) is 19.1 Å². The number of ether oxygens (including phenoxy) is 2. The number of alkyl halides is 3. The van der Waals surface area contributed by atoms with Gasteiger partial charge in [0, 0.05) is 18.2 Å². The Balaban J connectivity index is 1.92. The average molecular weight is 383 g/mol. The molecular weight excluding hydrogens is 359 g/mol. The van der Waals surface area contributed by atoms with Gasteiger partial charge in [-0.15, -0.1) is 0 Å². The molecule has 0 aliphatic carbocycles. The predicted octanol–water partition coefficient (Wildman–Crippen LogP) is 4.54. The van der Waals surface area contributed by atoms with Gasteiger partial charge in [0.25, 0.3) is 0 Å². The van der Waals surface area contributed by atoms with E-state index in [0.29, 0.717) is 17.9 Å². The van der Waals surface area contributed by atoms with E-state index in [0.717, 1.165) is 30.5 Å². The Morgan fingerprint density at radius 1 is 1.04 bits per heavy atom. The van der Waals surface area contributed by atoms with Crippen molar-refractivity contribution in [3.8, 4) is 17.2 Å². The normalized spacial score (nSPS) is 12.7. The highest BCUT2D eigenvalue weighted by Crippen LogP contribution is 2.33. The fourth-order valence-electron chi connectivity index (χ4n) is 2.71. The molecule has 4 nitrogen and oxygen atoms in total. The zero-order chi connectivity index (χ0) is 20.0. The topological polar surface area (TPSA) is 50.7 Å². The summed E-state index contributed by atoms with van der Waals surface area (Å²) in [6.45, 7) is 2.41. The minimum Gasteiger partial charge on any atom is -0.504 e. The summed E-state index contributed by atoms with van der Waals surface area (Å²) < 4.78 is 48.6. The summed E-state index contributed by atoms with van der Waals surface area (Å²) in [5.74, 6) is 0.747. The van der Waals surface area contributed by atoms with Crippen LogP contribution in [0.4, 0.5) is 13.2 Å². The number of hydrogen-bond acceptors (Lipinski definition) is 4. The third-order valence-electron chi connectivity index (χ3n) is 4.37. The summed E-state index contributed by atoms with van der Waals surface area (Å²) in [5.41, 5.74) is 0.978. The van der Waals surface area contributed by atoms with Gasteiger partial charge in [0.15, 0.2) is 11.5 Å². The maximum atomic E-state index is 12.8. The number of hydrogen-bond donors (Lipinski definition) is 2. The van der Waals surface area contributed by atoms with Crippen molar-refractivity contribution < 1.29 is 27.8 Å². The van der Waals surface area contributed by atoms with Crippen molar-refractivity contribution in [1.29, 1.82) is 0 Å². The van der Waals surface area contributed by atoms with Crippen LogP contribution in [0, 0.1) is 0 Å². The van der Waals surface area contributed by atoms with Gasteiger partial charge in [0.2, 0.25) is 0 Å². The molecule has 0 fully saturated rings. The Morgan fingerprint density at radius 2 is 1.74 bits per heavy atom. The molecule has 148 valence electrons. The molecule has 2 N–H and O–H groups in total. The summed E-state index contributed by atoms with van der Waals surface area (Å²) in [6, 6.07) is 8.88. The number of benzene rings is 2. The number of phenols is 1. The Morgan fingerprint density at radius 3 is 2.37 bits per heavy atom. The molecule has 0 bridgehead atoms. The van der Waals surface area contributed by atoms with Gasteiger partial charge in [-0.05, 0) is 49.6 Å². The summed E-state index contributed by atoms with van der Waals surface area (Å²) in [6.07, 6.45) is -2.80. The van der Waals surface area contributed by atoms with E-state index in [4.69, 9.17) is 9.47 Å². The Kier molecular flexibility index (Phi) is 6.96. The number of aromatic hydroxyl groups is 1. The second kappa shape index (κ2) is 8.99. The lowest BCUT2D eigenvalue weighted by Gasteiger charge is -2.17. The molecule has 1 unspecified atom stereocenters. The van der Waals surface area contributed by atoms with Gasteiger partial charge < -0.3 is 19.9 Å². The largest absolute Gasteiger partial charge is 0.504 e. The molecule has 0 saturated carbocycles. The molecule has 2 aromatic rings. The fourth-order valence-corrected chi connectivity index (χ4v) is 2.71. The number of halogens is 3.